The number of hydrogen-bond donors (Lipinski definition) is 0. The van der Waals surface area contributed by atoms with Gasteiger partial charge in [0.1, 0.15) is 5.52 Å². The van der Waals surface area contributed by atoms with E-state index < -0.39 is 0 Å². The number of aromatic nitrogens is 2. The van der Waals surface area contributed by atoms with Crippen LogP contribution in [0.25, 0.3) is 39.0 Å². The SMILES string of the molecule is c1ccc2c(-c3nc4ccc(-n5cccc5)cc4o3)cccc2c1. The molecule has 0 radical (unpaired) electrons. The largest absolute Gasteiger partial charge is 0.436 e. The number of hydrogen-bond acceptors (Lipinski definition) is 2. The zero-order valence-electron chi connectivity index (χ0n) is 12.9. The van der Waals surface area contributed by atoms with Crippen LogP contribution in [-0.2, 0) is 0 Å². The van der Waals surface area contributed by atoms with Gasteiger partial charge in [-0.05, 0) is 41.1 Å². The molecule has 0 atom stereocenters. The van der Waals surface area contributed by atoms with Crippen LogP contribution in [0.3, 0.4) is 0 Å². The first kappa shape index (κ1) is 13.1. The molecule has 0 amide bonds. The molecule has 2 heterocycles. The third kappa shape index (κ3) is 2.02. The van der Waals surface area contributed by atoms with Crippen LogP contribution in [0, 0.1) is 0 Å². The van der Waals surface area contributed by atoms with Gasteiger partial charge in [-0.25, -0.2) is 4.98 Å². The van der Waals surface area contributed by atoms with E-state index in [1.807, 2.05) is 54.9 Å². The quantitative estimate of drug-likeness (QED) is 0.435. The predicted octanol–water partition coefficient (Wildman–Crippen LogP) is 5.44. The van der Waals surface area contributed by atoms with Crippen molar-refractivity contribution in [2.45, 2.75) is 0 Å². The maximum Gasteiger partial charge on any atom is 0.227 e. The monoisotopic (exact) mass is 310 g/mol. The summed E-state index contributed by atoms with van der Waals surface area (Å²) in [7, 11) is 0. The van der Waals surface area contributed by atoms with Crippen LogP contribution in [0.15, 0.2) is 89.6 Å². The van der Waals surface area contributed by atoms with E-state index in [-0.39, 0.29) is 0 Å². The van der Waals surface area contributed by atoms with Crippen molar-refractivity contribution in [1.82, 2.24) is 9.55 Å². The molecular weight excluding hydrogens is 296 g/mol. The zero-order valence-corrected chi connectivity index (χ0v) is 12.9. The van der Waals surface area contributed by atoms with Crippen LogP contribution in [-0.4, -0.2) is 9.55 Å². The summed E-state index contributed by atoms with van der Waals surface area (Å²) >= 11 is 0. The number of rotatable bonds is 2. The number of fused-ring (bicyclic) bond motifs is 2. The third-order valence-corrected chi connectivity index (χ3v) is 4.29. The summed E-state index contributed by atoms with van der Waals surface area (Å²) in [6.07, 6.45) is 4.03. The van der Waals surface area contributed by atoms with Gasteiger partial charge >= 0.3 is 0 Å². The maximum atomic E-state index is 6.08. The fraction of sp³-hybridized carbons (Fsp3) is 0. The molecule has 0 bridgehead atoms. The molecule has 3 aromatic carbocycles. The molecule has 0 saturated heterocycles. The van der Waals surface area contributed by atoms with Gasteiger partial charge in [-0.3, -0.25) is 0 Å². The Labute approximate surface area is 138 Å². The lowest BCUT2D eigenvalue weighted by Crippen LogP contribution is -1.87. The molecule has 5 aromatic rings. The topological polar surface area (TPSA) is 31.0 Å². The summed E-state index contributed by atoms with van der Waals surface area (Å²) in [5.41, 5.74) is 3.75. The maximum absolute atomic E-state index is 6.08. The Bertz CT molecular complexity index is 1150. The Morgan fingerprint density at radius 2 is 1.62 bits per heavy atom. The molecule has 0 N–H and O–H groups in total. The second-order valence-corrected chi connectivity index (χ2v) is 5.79. The van der Waals surface area contributed by atoms with Crippen molar-refractivity contribution in [2.75, 3.05) is 0 Å². The van der Waals surface area contributed by atoms with Gasteiger partial charge in [0.15, 0.2) is 5.58 Å². The molecule has 24 heavy (non-hydrogen) atoms. The Balaban J connectivity index is 1.70. The fourth-order valence-corrected chi connectivity index (χ4v) is 3.11. The highest BCUT2D eigenvalue weighted by atomic mass is 16.3. The van der Waals surface area contributed by atoms with Gasteiger partial charge in [-0.2, -0.15) is 0 Å². The fourth-order valence-electron chi connectivity index (χ4n) is 3.11. The van der Waals surface area contributed by atoms with Crippen molar-refractivity contribution >= 4 is 21.9 Å². The van der Waals surface area contributed by atoms with Crippen molar-refractivity contribution in [1.29, 1.82) is 0 Å². The number of nitrogens with zero attached hydrogens (tertiary/aromatic N) is 2. The standard InChI is InChI=1S/C21H14N2O/c1-2-8-17-15(6-1)7-5-9-18(17)21-22-19-11-10-16(14-20(19)24-21)23-12-3-4-13-23/h1-14H. The molecule has 3 nitrogen and oxygen atoms in total. The zero-order chi connectivity index (χ0) is 15.9. The summed E-state index contributed by atoms with van der Waals surface area (Å²) < 4.78 is 8.13. The minimum atomic E-state index is 0.659. The number of oxazole rings is 1. The molecule has 2 aromatic heterocycles. The summed E-state index contributed by atoms with van der Waals surface area (Å²) in [6.45, 7) is 0. The van der Waals surface area contributed by atoms with Crippen molar-refractivity contribution in [3.05, 3.63) is 85.2 Å². The lowest BCUT2D eigenvalue weighted by molar-refractivity contribution is 0.620. The van der Waals surface area contributed by atoms with Crippen LogP contribution < -0.4 is 0 Å². The van der Waals surface area contributed by atoms with E-state index in [2.05, 4.69) is 39.9 Å². The van der Waals surface area contributed by atoms with Crippen molar-refractivity contribution in [3.63, 3.8) is 0 Å². The number of benzene rings is 3. The lowest BCUT2D eigenvalue weighted by Gasteiger charge is -2.02. The summed E-state index contributed by atoms with van der Waals surface area (Å²) in [4.78, 5) is 4.68. The van der Waals surface area contributed by atoms with E-state index in [1.54, 1.807) is 0 Å². The summed E-state index contributed by atoms with van der Waals surface area (Å²) in [6, 6.07) is 24.6. The van der Waals surface area contributed by atoms with Gasteiger partial charge in [0.25, 0.3) is 0 Å². The lowest BCUT2D eigenvalue weighted by atomic mass is 10.0. The van der Waals surface area contributed by atoms with Crippen molar-refractivity contribution in [2.24, 2.45) is 0 Å². The first-order chi connectivity index (χ1) is 11.9. The van der Waals surface area contributed by atoms with Crippen LogP contribution in [0.5, 0.6) is 0 Å². The second kappa shape index (κ2) is 5.10. The molecule has 5 rings (SSSR count). The second-order valence-electron chi connectivity index (χ2n) is 5.79. The summed E-state index contributed by atoms with van der Waals surface area (Å²) in [5.74, 6) is 0.659. The Kier molecular flexibility index (Phi) is 2.79. The molecule has 0 fully saturated rings. The predicted molar refractivity (Wildman–Crippen MR) is 96.3 cm³/mol. The molecule has 0 unspecified atom stereocenters. The van der Waals surface area contributed by atoms with Crippen LogP contribution >= 0.6 is 0 Å². The van der Waals surface area contributed by atoms with E-state index in [9.17, 15) is 0 Å². The molecular formula is C21H14N2O. The minimum absolute atomic E-state index is 0.659. The van der Waals surface area contributed by atoms with Gasteiger partial charge in [-0.1, -0.05) is 36.4 Å². The normalized spacial score (nSPS) is 11.3. The Morgan fingerprint density at radius 3 is 2.54 bits per heavy atom. The van der Waals surface area contributed by atoms with E-state index in [4.69, 9.17) is 4.42 Å². The van der Waals surface area contributed by atoms with Crippen molar-refractivity contribution in [3.8, 4) is 17.1 Å². The van der Waals surface area contributed by atoms with Crippen molar-refractivity contribution < 1.29 is 4.42 Å². The van der Waals surface area contributed by atoms with Crippen LogP contribution in [0.1, 0.15) is 0 Å². The first-order valence-corrected chi connectivity index (χ1v) is 7.90. The van der Waals surface area contributed by atoms with Crippen LogP contribution in [0.4, 0.5) is 0 Å². The Morgan fingerprint density at radius 1 is 0.792 bits per heavy atom. The Hall–Kier alpha value is -3.33. The van der Waals surface area contributed by atoms with E-state index in [0.717, 1.165) is 27.7 Å². The van der Waals surface area contributed by atoms with E-state index >= 15 is 0 Å². The molecule has 0 spiro atoms. The van der Waals surface area contributed by atoms with Gasteiger partial charge in [0.05, 0.1) is 0 Å². The van der Waals surface area contributed by atoms with Gasteiger partial charge in [0, 0.05) is 29.7 Å². The molecule has 3 heteroatoms. The third-order valence-electron chi connectivity index (χ3n) is 4.29. The van der Waals surface area contributed by atoms with Crippen LogP contribution in [0.2, 0.25) is 0 Å². The minimum Gasteiger partial charge on any atom is -0.436 e. The van der Waals surface area contributed by atoms with Gasteiger partial charge in [0.2, 0.25) is 5.89 Å². The first-order valence-electron chi connectivity index (χ1n) is 7.90. The molecule has 0 aliphatic carbocycles. The van der Waals surface area contributed by atoms with E-state index in [0.29, 0.717) is 5.89 Å². The highest BCUT2D eigenvalue weighted by Crippen LogP contribution is 2.31. The summed E-state index contributed by atoms with van der Waals surface area (Å²) in [5, 5.41) is 2.34. The average Bonchev–Trinajstić information content (AvgIpc) is 3.30. The van der Waals surface area contributed by atoms with E-state index in [1.165, 1.54) is 5.39 Å². The smallest absolute Gasteiger partial charge is 0.227 e. The van der Waals surface area contributed by atoms with Gasteiger partial charge in [-0.15, -0.1) is 0 Å². The van der Waals surface area contributed by atoms with Gasteiger partial charge < -0.3 is 8.98 Å². The highest BCUT2D eigenvalue weighted by molar-refractivity contribution is 5.95. The average molecular weight is 310 g/mol. The highest BCUT2D eigenvalue weighted by Gasteiger charge is 2.11. The molecule has 114 valence electrons. The molecule has 0 aliphatic rings. The molecule has 0 aliphatic heterocycles. The molecule has 0 saturated carbocycles.